The Hall–Kier alpha value is -3.74. The highest BCUT2D eigenvalue weighted by Gasteiger charge is 2.31. The first-order valence-corrected chi connectivity index (χ1v) is 12.1. The second kappa shape index (κ2) is 9.04. The Balaban J connectivity index is 1.58. The molecule has 0 aliphatic heterocycles. The Kier molecular flexibility index (Phi) is 6.37. The molecule has 11 nitrogen and oxygen atoms in total. The van der Waals surface area contributed by atoms with Crippen LogP contribution in [0.4, 0.5) is 13.2 Å². The molecule has 1 amide bonds. The predicted molar refractivity (Wildman–Crippen MR) is 120 cm³/mol. The van der Waals surface area contributed by atoms with Crippen molar-refractivity contribution in [3.63, 3.8) is 0 Å². The number of carboxylic acids is 1. The number of aromatic amines is 1. The zero-order valence-corrected chi connectivity index (χ0v) is 19.3. The van der Waals surface area contributed by atoms with E-state index in [4.69, 9.17) is 14.9 Å². The van der Waals surface area contributed by atoms with Crippen molar-refractivity contribution in [2.24, 2.45) is 7.05 Å². The van der Waals surface area contributed by atoms with E-state index in [1.54, 1.807) is 11.6 Å². The van der Waals surface area contributed by atoms with Gasteiger partial charge in [-0.15, -0.1) is 0 Å². The lowest BCUT2D eigenvalue weighted by Gasteiger charge is -2.15. The number of nitrogens with zero attached hydrogens (tertiary/aromatic N) is 3. The predicted octanol–water partition coefficient (Wildman–Crippen LogP) is 2.42. The van der Waals surface area contributed by atoms with Gasteiger partial charge in [0.25, 0.3) is 5.91 Å². The number of carbonyl (C=O) groups excluding carboxylic acids is 1. The van der Waals surface area contributed by atoms with Crippen LogP contribution in [0.5, 0.6) is 0 Å². The molecule has 1 atom stereocenters. The van der Waals surface area contributed by atoms with Crippen molar-refractivity contribution in [1.82, 2.24) is 24.8 Å². The smallest absolute Gasteiger partial charge is 0.416 e. The third kappa shape index (κ3) is 5.40. The first-order valence-electron chi connectivity index (χ1n) is 10.3. The van der Waals surface area contributed by atoms with Crippen LogP contribution in [-0.4, -0.2) is 58.5 Å². The van der Waals surface area contributed by atoms with Crippen molar-refractivity contribution < 1.29 is 42.2 Å². The van der Waals surface area contributed by atoms with E-state index in [0.717, 1.165) is 12.1 Å². The molecular formula is C21H19F3N5O6P. The molecule has 0 aliphatic rings. The fourth-order valence-corrected chi connectivity index (χ4v) is 4.40. The van der Waals surface area contributed by atoms with Gasteiger partial charge in [0, 0.05) is 12.6 Å². The number of hydrogen-bond acceptors (Lipinski definition) is 5. The topological polar surface area (TPSA) is 170 Å². The molecule has 0 aliphatic carbocycles. The highest BCUT2D eigenvalue weighted by Crippen LogP contribution is 2.35. The molecule has 5 N–H and O–H groups in total. The molecule has 0 fully saturated rings. The maximum absolute atomic E-state index is 13.0. The number of fused-ring (bicyclic) bond motifs is 2. The Labute approximate surface area is 200 Å². The van der Waals surface area contributed by atoms with Gasteiger partial charge in [-0.3, -0.25) is 9.36 Å². The molecule has 0 saturated heterocycles. The van der Waals surface area contributed by atoms with Gasteiger partial charge in [0.1, 0.15) is 17.7 Å². The van der Waals surface area contributed by atoms with Crippen LogP contribution >= 0.6 is 7.60 Å². The summed E-state index contributed by atoms with van der Waals surface area (Å²) < 4.78 is 51.7. The van der Waals surface area contributed by atoms with Gasteiger partial charge in [0.05, 0.1) is 40.2 Å². The lowest BCUT2D eigenvalue weighted by atomic mass is 10.1. The second-order valence-electron chi connectivity index (χ2n) is 8.09. The van der Waals surface area contributed by atoms with Crippen molar-refractivity contribution in [1.29, 1.82) is 0 Å². The lowest BCUT2D eigenvalue weighted by Crippen LogP contribution is -2.43. The number of carboxylic acid groups (broad SMARTS) is 1. The monoisotopic (exact) mass is 525 g/mol. The molecule has 2 aromatic carbocycles. The van der Waals surface area contributed by atoms with Gasteiger partial charge in [-0.2, -0.15) is 13.2 Å². The maximum Gasteiger partial charge on any atom is 0.416 e. The summed E-state index contributed by atoms with van der Waals surface area (Å²) in [5.41, 5.74) is 0.807. The molecule has 36 heavy (non-hydrogen) atoms. The van der Waals surface area contributed by atoms with Gasteiger partial charge in [0.2, 0.25) is 0 Å². The summed E-state index contributed by atoms with van der Waals surface area (Å²) in [6.45, 7) is 0. The van der Waals surface area contributed by atoms with E-state index < -0.39 is 43.4 Å². The number of imidazole rings is 2. The van der Waals surface area contributed by atoms with E-state index in [-0.39, 0.29) is 17.5 Å². The molecule has 2 heterocycles. The van der Waals surface area contributed by atoms with Crippen LogP contribution in [0.25, 0.3) is 22.1 Å². The normalized spacial score (nSPS) is 13.3. The molecule has 15 heteroatoms. The molecular weight excluding hydrogens is 506 g/mol. The highest BCUT2D eigenvalue weighted by molar-refractivity contribution is 7.51. The summed E-state index contributed by atoms with van der Waals surface area (Å²) in [6, 6.07) is 5.74. The van der Waals surface area contributed by atoms with Crippen molar-refractivity contribution in [3.05, 3.63) is 59.2 Å². The number of aliphatic carboxylic acids is 1. The number of hydrogen-bond donors (Lipinski definition) is 5. The number of alkyl halides is 3. The molecule has 4 rings (SSSR count). The third-order valence-corrected chi connectivity index (χ3v) is 6.28. The average Bonchev–Trinajstić information content (AvgIpc) is 3.31. The van der Waals surface area contributed by atoms with Crippen molar-refractivity contribution in [3.8, 4) is 0 Å². The Morgan fingerprint density at radius 3 is 2.47 bits per heavy atom. The maximum atomic E-state index is 13.0. The second-order valence-corrected chi connectivity index (χ2v) is 9.79. The minimum atomic E-state index is -4.70. The number of amides is 1. The SMILES string of the molecule is Cn1c(Cc2nc3ccc(C(F)(F)F)cc3[nH]2)nc2ccc(C(=O)NC(CP(=O)(O)O)C(=O)O)cc21. The molecule has 0 saturated carbocycles. The number of H-pyrrole nitrogens is 1. The van der Waals surface area contributed by atoms with Crippen LogP contribution in [0.3, 0.4) is 0 Å². The minimum absolute atomic E-state index is 0.0393. The van der Waals surface area contributed by atoms with E-state index in [9.17, 15) is 27.3 Å². The van der Waals surface area contributed by atoms with Crippen molar-refractivity contribution >= 4 is 41.5 Å². The molecule has 4 aromatic rings. The van der Waals surface area contributed by atoms with Crippen molar-refractivity contribution in [2.75, 3.05) is 6.16 Å². The average molecular weight is 525 g/mol. The summed E-state index contributed by atoms with van der Waals surface area (Å²) in [4.78, 5) is 53.6. The lowest BCUT2D eigenvalue weighted by molar-refractivity contribution is -0.139. The van der Waals surface area contributed by atoms with Crippen LogP contribution in [0.2, 0.25) is 0 Å². The van der Waals surface area contributed by atoms with Gasteiger partial charge < -0.3 is 29.8 Å². The first kappa shape index (κ1) is 25.4. The van der Waals surface area contributed by atoms with Crippen LogP contribution in [0.15, 0.2) is 36.4 Å². The van der Waals surface area contributed by atoms with Gasteiger partial charge in [0.15, 0.2) is 0 Å². The van der Waals surface area contributed by atoms with Crippen LogP contribution in [0.1, 0.15) is 27.6 Å². The van der Waals surface area contributed by atoms with E-state index in [1.807, 2.05) is 0 Å². The quantitative estimate of drug-likeness (QED) is 0.229. The van der Waals surface area contributed by atoms with Crippen LogP contribution < -0.4 is 5.32 Å². The molecule has 2 aromatic heterocycles. The Bertz CT molecular complexity index is 1540. The zero-order chi connectivity index (χ0) is 26.4. The van der Waals surface area contributed by atoms with Gasteiger partial charge >= 0.3 is 19.7 Å². The van der Waals surface area contributed by atoms with Gasteiger partial charge in [-0.1, -0.05) is 0 Å². The number of nitrogens with one attached hydrogen (secondary N) is 2. The summed E-state index contributed by atoms with van der Waals surface area (Å²) in [5.74, 6) is -1.58. The Morgan fingerprint density at radius 2 is 1.83 bits per heavy atom. The molecule has 0 bridgehead atoms. The molecule has 190 valence electrons. The van der Waals surface area contributed by atoms with E-state index in [1.165, 1.54) is 24.3 Å². The summed E-state index contributed by atoms with van der Waals surface area (Å²) >= 11 is 0. The van der Waals surface area contributed by atoms with Gasteiger partial charge in [-0.25, -0.2) is 14.8 Å². The number of benzene rings is 2. The number of rotatable bonds is 7. The fourth-order valence-electron chi connectivity index (χ4n) is 3.68. The van der Waals surface area contributed by atoms with Crippen LogP contribution in [0, 0.1) is 0 Å². The third-order valence-electron chi connectivity index (χ3n) is 5.44. The standard InChI is InChI=1S/C21H19F3N5O6P/c1-29-16-6-10(19(30)28-15(20(31)32)9-36(33,34)35)2-4-13(16)27-18(29)8-17-25-12-5-3-11(21(22,23)24)7-14(12)26-17/h2-7,15H,8-9H2,1H3,(H,25,26)(H,28,30)(H,31,32)(H2,33,34,35). The minimum Gasteiger partial charge on any atom is -0.480 e. The zero-order valence-electron chi connectivity index (χ0n) is 18.4. The first-order chi connectivity index (χ1) is 16.7. The largest absolute Gasteiger partial charge is 0.480 e. The summed E-state index contributed by atoms with van der Waals surface area (Å²) in [6.07, 6.45) is -5.40. The van der Waals surface area contributed by atoms with E-state index >= 15 is 0 Å². The highest BCUT2D eigenvalue weighted by atomic mass is 31.2. The summed E-state index contributed by atoms with van der Waals surface area (Å²) in [5, 5.41) is 11.3. The van der Waals surface area contributed by atoms with Crippen LogP contribution in [-0.2, 0) is 29.0 Å². The molecule has 0 radical (unpaired) electrons. The van der Waals surface area contributed by atoms with E-state index in [2.05, 4.69) is 20.3 Å². The fraction of sp³-hybridized carbons (Fsp3) is 0.238. The number of carbonyl (C=O) groups is 2. The molecule has 1 unspecified atom stereocenters. The van der Waals surface area contributed by atoms with Gasteiger partial charge in [-0.05, 0) is 36.4 Å². The summed E-state index contributed by atoms with van der Waals surface area (Å²) in [7, 11) is -3.04. The number of aromatic nitrogens is 4. The van der Waals surface area contributed by atoms with Crippen molar-refractivity contribution in [2.45, 2.75) is 18.6 Å². The Morgan fingerprint density at radius 1 is 1.14 bits per heavy atom. The van der Waals surface area contributed by atoms with E-state index in [0.29, 0.717) is 28.2 Å². The molecule has 0 spiro atoms. The number of aryl methyl sites for hydroxylation is 1. The number of halogens is 3.